The number of nitrogens with zero attached hydrogens (tertiary/aromatic N) is 3. The maximum atomic E-state index is 6.01. The molecule has 2 N–H and O–H groups in total. The van der Waals surface area contributed by atoms with Crippen LogP contribution in [0.4, 0.5) is 5.82 Å². The molecule has 0 fully saturated rings. The minimum atomic E-state index is 0.402. The Kier molecular flexibility index (Phi) is 2.74. The van der Waals surface area contributed by atoms with Crippen molar-refractivity contribution in [1.29, 1.82) is 0 Å². The summed E-state index contributed by atoms with van der Waals surface area (Å²) >= 11 is 0. The summed E-state index contributed by atoms with van der Waals surface area (Å²) in [5.74, 6) is 0.551. The SMILES string of the molecule is Nc1ncccc1-c1cncn1C1Cc2ccccc2C1. The highest BCUT2D eigenvalue weighted by atomic mass is 15.1. The van der Waals surface area contributed by atoms with E-state index in [2.05, 4.69) is 38.8 Å². The van der Waals surface area contributed by atoms with Gasteiger partial charge in [-0.15, -0.1) is 0 Å². The van der Waals surface area contributed by atoms with E-state index in [1.165, 1.54) is 11.1 Å². The monoisotopic (exact) mass is 276 g/mol. The van der Waals surface area contributed by atoms with E-state index in [1.54, 1.807) is 6.20 Å². The van der Waals surface area contributed by atoms with Crippen molar-refractivity contribution in [3.63, 3.8) is 0 Å². The summed E-state index contributed by atoms with van der Waals surface area (Å²) in [6, 6.07) is 12.9. The van der Waals surface area contributed by atoms with Crippen molar-refractivity contribution in [2.45, 2.75) is 18.9 Å². The second kappa shape index (κ2) is 4.74. The molecule has 4 heteroatoms. The predicted molar refractivity (Wildman–Crippen MR) is 82.8 cm³/mol. The van der Waals surface area contributed by atoms with Gasteiger partial charge in [0, 0.05) is 17.8 Å². The lowest BCUT2D eigenvalue weighted by Gasteiger charge is -2.16. The average molecular weight is 276 g/mol. The van der Waals surface area contributed by atoms with Gasteiger partial charge in [0.15, 0.2) is 0 Å². The highest BCUT2D eigenvalue weighted by Gasteiger charge is 2.24. The Balaban J connectivity index is 1.73. The third-order valence-electron chi connectivity index (χ3n) is 4.20. The van der Waals surface area contributed by atoms with Crippen LogP contribution in [-0.4, -0.2) is 14.5 Å². The molecule has 1 aromatic carbocycles. The van der Waals surface area contributed by atoms with Crippen LogP contribution in [0.5, 0.6) is 0 Å². The summed E-state index contributed by atoms with van der Waals surface area (Å²) in [5, 5.41) is 0. The number of hydrogen-bond acceptors (Lipinski definition) is 3. The van der Waals surface area contributed by atoms with Crippen LogP contribution in [0.15, 0.2) is 55.1 Å². The van der Waals surface area contributed by atoms with E-state index < -0.39 is 0 Å². The number of nitrogens with two attached hydrogens (primary N) is 1. The lowest BCUT2D eigenvalue weighted by atomic mass is 10.1. The van der Waals surface area contributed by atoms with E-state index in [9.17, 15) is 0 Å². The molecule has 2 aromatic heterocycles. The third-order valence-corrected chi connectivity index (χ3v) is 4.20. The normalized spacial score (nSPS) is 14.3. The van der Waals surface area contributed by atoms with Gasteiger partial charge in [0.1, 0.15) is 5.82 Å². The number of rotatable bonds is 2. The summed E-state index contributed by atoms with van der Waals surface area (Å²) in [6.07, 6.45) is 7.57. The zero-order chi connectivity index (χ0) is 14.2. The first kappa shape index (κ1) is 12.1. The fraction of sp³-hybridized carbons (Fsp3) is 0.176. The molecule has 2 heterocycles. The molecule has 0 bridgehead atoms. The fourth-order valence-electron chi connectivity index (χ4n) is 3.17. The van der Waals surface area contributed by atoms with Crippen LogP contribution in [0.25, 0.3) is 11.3 Å². The van der Waals surface area contributed by atoms with Crippen molar-refractivity contribution in [2.75, 3.05) is 5.73 Å². The number of hydrogen-bond donors (Lipinski definition) is 1. The molecular formula is C17H16N4. The highest BCUT2D eigenvalue weighted by Crippen LogP contribution is 2.34. The molecule has 3 aromatic rings. The fourth-order valence-corrected chi connectivity index (χ4v) is 3.17. The summed E-state index contributed by atoms with van der Waals surface area (Å²) in [5.41, 5.74) is 10.9. The van der Waals surface area contributed by atoms with Gasteiger partial charge in [-0.25, -0.2) is 9.97 Å². The third kappa shape index (κ3) is 2.00. The quantitative estimate of drug-likeness (QED) is 0.783. The number of anilines is 1. The Morgan fingerprint density at radius 3 is 2.52 bits per heavy atom. The molecular weight excluding hydrogens is 260 g/mol. The topological polar surface area (TPSA) is 56.7 Å². The number of imidazole rings is 1. The molecule has 0 unspecified atom stereocenters. The van der Waals surface area contributed by atoms with Crippen LogP contribution in [0.3, 0.4) is 0 Å². The summed E-state index contributed by atoms with van der Waals surface area (Å²) < 4.78 is 2.23. The molecule has 21 heavy (non-hydrogen) atoms. The van der Waals surface area contributed by atoms with E-state index >= 15 is 0 Å². The van der Waals surface area contributed by atoms with Crippen molar-refractivity contribution >= 4 is 5.82 Å². The van der Waals surface area contributed by atoms with E-state index in [0.29, 0.717) is 11.9 Å². The van der Waals surface area contributed by atoms with Gasteiger partial charge in [0.05, 0.1) is 18.2 Å². The van der Waals surface area contributed by atoms with E-state index in [4.69, 9.17) is 5.73 Å². The first-order valence-electron chi connectivity index (χ1n) is 7.12. The van der Waals surface area contributed by atoms with E-state index in [0.717, 1.165) is 24.1 Å². The van der Waals surface area contributed by atoms with Gasteiger partial charge < -0.3 is 10.3 Å². The van der Waals surface area contributed by atoms with E-state index in [1.807, 2.05) is 24.7 Å². The van der Waals surface area contributed by atoms with Gasteiger partial charge >= 0.3 is 0 Å². The zero-order valence-corrected chi connectivity index (χ0v) is 11.6. The molecule has 104 valence electrons. The largest absolute Gasteiger partial charge is 0.383 e. The lowest BCUT2D eigenvalue weighted by Crippen LogP contribution is -2.10. The second-order valence-corrected chi connectivity index (χ2v) is 5.45. The van der Waals surface area contributed by atoms with Crippen LogP contribution >= 0.6 is 0 Å². The maximum absolute atomic E-state index is 6.01. The van der Waals surface area contributed by atoms with Crippen molar-refractivity contribution < 1.29 is 0 Å². The van der Waals surface area contributed by atoms with Gasteiger partial charge in [-0.3, -0.25) is 0 Å². The molecule has 0 saturated carbocycles. The van der Waals surface area contributed by atoms with Crippen molar-refractivity contribution in [1.82, 2.24) is 14.5 Å². The Bertz CT molecular complexity index is 766. The molecule has 0 spiro atoms. The van der Waals surface area contributed by atoms with Gasteiger partial charge in [-0.2, -0.15) is 0 Å². The number of fused-ring (bicyclic) bond motifs is 1. The number of aromatic nitrogens is 3. The van der Waals surface area contributed by atoms with Crippen LogP contribution < -0.4 is 5.73 Å². The molecule has 4 nitrogen and oxygen atoms in total. The molecule has 0 radical (unpaired) electrons. The number of benzene rings is 1. The first-order chi connectivity index (χ1) is 10.3. The summed E-state index contributed by atoms with van der Waals surface area (Å²) in [4.78, 5) is 8.51. The van der Waals surface area contributed by atoms with Crippen LogP contribution in [0, 0.1) is 0 Å². The first-order valence-corrected chi connectivity index (χ1v) is 7.12. The van der Waals surface area contributed by atoms with E-state index in [-0.39, 0.29) is 0 Å². The number of nitrogen functional groups attached to an aromatic ring is 1. The minimum absolute atomic E-state index is 0.402. The van der Waals surface area contributed by atoms with Gasteiger partial charge in [0.2, 0.25) is 0 Å². The molecule has 1 aliphatic rings. The Morgan fingerprint density at radius 2 is 1.81 bits per heavy atom. The van der Waals surface area contributed by atoms with Gasteiger partial charge in [0.25, 0.3) is 0 Å². The van der Waals surface area contributed by atoms with Crippen LogP contribution in [-0.2, 0) is 12.8 Å². The second-order valence-electron chi connectivity index (χ2n) is 5.45. The maximum Gasteiger partial charge on any atom is 0.132 e. The van der Waals surface area contributed by atoms with Crippen molar-refractivity contribution in [3.05, 3.63) is 66.2 Å². The molecule has 0 amide bonds. The smallest absolute Gasteiger partial charge is 0.132 e. The highest BCUT2D eigenvalue weighted by molar-refractivity contribution is 5.70. The summed E-state index contributed by atoms with van der Waals surface area (Å²) in [7, 11) is 0. The van der Waals surface area contributed by atoms with Crippen LogP contribution in [0.2, 0.25) is 0 Å². The van der Waals surface area contributed by atoms with Crippen molar-refractivity contribution in [3.8, 4) is 11.3 Å². The molecule has 0 aliphatic heterocycles. The Hall–Kier alpha value is -2.62. The van der Waals surface area contributed by atoms with Gasteiger partial charge in [-0.1, -0.05) is 24.3 Å². The van der Waals surface area contributed by atoms with Crippen molar-refractivity contribution in [2.24, 2.45) is 0 Å². The average Bonchev–Trinajstić information content (AvgIpc) is 3.13. The molecule has 1 aliphatic carbocycles. The molecule has 0 atom stereocenters. The summed E-state index contributed by atoms with van der Waals surface area (Å²) in [6.45, 7) is 0. The zero-order valence-electron chi connectivity index (χ0n) is 11.6. The standard InChI is InChI=1S/C17H16N4/c18-17-15(6-3-7-20-17)16-10-19-11-21(16)14-8-12-4-1-2-5-13(12)9-14/h1-7,10-11,14H,8-9H2,(H2,18,20). The molecule has 0 saturated heterocycles. The van der Waals surface area contributed by atoms with Gasteiger partial charge in [-0.05, 0) is 36.1 Å². The van der Waals surface area contributed by atoms with Crippen LogP contribution in [0.1, 0.15) is 17.2 Å². The Morgan fingerprint density at radius 1 is 1.05 bits per heavy atom. The predicted octanol–water partition coefficient (Wildman–Crippen LogP) is 2.87. The Labute approximate surface area is 123 Å². The lowest BCUT2D eigenvalue weighted by molar-refractivity contribution is 0.533. The molecule has 4 rings (SSSR count). The minimum Gasteiger partial charge on any atom is -0.383 e. The number of pyridine rings is 1.